The molecule has 1 saturated carbocycles. The lowest BCUT2D eigenvalue weighted by atomic mass is 10.1. The monoisotopic (exact) mass is 288 g/mol. The summed E-state index contributed by atoms with van der Waals surface area (Å²) in [6, 6.07) is 4.33. The van der Waals surface area contributed by atoms with Gasteiger partial charge in [-0.05, 0) is 31.4 Å². The number of amides is 1. The molecule has 0 bridgehead atoms. The zero-order valence-electron chi connectivity index (χ0n) is 12.1. The topological polar surface area (TPSA) is 72.1 Å². The van der Waals surface area contributed by atoms with Gasteiger partial charge in [-0.15, -0.1) is 0 Å². The average molecular weight is 288 g/mol. The fraction of sp³-hybridized carbons (Fsp3) is 0.467. The summed E-state index contributed by atoms with van der Waals surface area (Å²) in [6.07, 6.45) is 8.35. The van der Waals surface area contributed by atoms with Crippen LogP contribution in [0, 0.1) is 0 Å². The highest BCUT2D eigenvalue weighted by atomic mass is 16.3. The van der Waals surface area contributed by atoms with E-state index in [2.05, 4.69) is 22.7 Å². The van der Waals surface area contributed by atoms with Gasteiger partial charge in [0.15, 0.2) is 0 Å². The first-order valence-electron chi connectivity index (χ1n) is 7.36. The van der Waals surface area contributed by atoms with Gasteiger partial charge in [0.05, 0.1) is 24.2 Å². The van der Waals surface area contributed by atoms with E-state index in [1.165, 1.54) is 0 Å². The maximum Gasteiger partial charge on any atom is 0.241 e. The minimum absolute atomic E-state index is 0.0187. The van der Waals surface area contributed by atoms with E-state index < -0.39 is 0 Å². The van der Waals surface area contributed by atoms with Crippen LogP contribution >= 0.6 is 0 Å². The summed E-state index contributed by atoms with van der Waals surface area (Å²) in [5.41, 5.74) is 0.887. The first-order chi connectivity index (χ1) is 10.2. The lowest BCUT2D eigenvalue weighted by Gasteiger charge is -2.13. The Labute approximate surface area is 123 Å². The van der Waals surface area contributed by atoms with E-state index >= 15 is 0 Å². The second-order valence-corrected chi connectivity index (χ2v) is 5.39. The van der Waals surface area contributed by atoms with Crippen molar-refractivity contribution in [1.82, 2.24) is 15.1 Å². The highest BCUT2D eigenvalue weighted by Gasteiger charge is 2.23. The van der Waals surface area contributed by atoms with Crippen molar-refractivity contribution in [2.75, 3.05) is 5.32 Å². The third kappa shape index (κ3) is 3.65. The Hall–Kier alpha value is -2.24. The quantitative estimate of drug-likeness (QED) is 0.820. The molecule has 112 valence electrons. The van der Waals surface area contributed by atoms with Gasteiger partial charge in [-0.3, -0.25) is 9.48 Å². The first-order valence-corrected chi connectivity index (χ1v) is 7.36. The summed E-state index contributed by atoms with van der Waals surface area (Å²) in [5, 5.41) is 10.5. The van der Waals surface area contributed by atoms with Crippen LogP contribution in [-0.4, -0.2) is 21.7 Å². The SMILES string of the molecule is CCC(Nc1cnn(CC(=O)NC2CC2)c1)c1ccco1. The van der Waals surface area contributed by atoms with E-state index in [0.717, 1.165) is 30.7 Å². The molecule has 2 heterocycles. The molecule has 3 rings (SSSR count). The van der Waals surface area contributed by atoms with Gasteiger partial charge in [0, 0.05) is 12.2 Å². The molecule has 6 nitrogen and oxygen atoms in total. The number of carbonyl (C=O) groups excluding carboxylic acids is 1. The molecular formula is C15H20N4O2. The lowest BCUT2D eigenvalue weighted by Crippen LogP contribution is -2.29. The highest BCUT2D eigenvalue weighted by Crippen LogP contribution is 2.22. The molecule has 1 unspecified atom stereocenters. The van der Waals surface area contributed by atoms with E-state index in [1.54, 1.807) is 17.1 Å². The number of nitrogens with zero attached hydrogens (tertiary/aromatic N) is 2. The summed E-state index contributed by atoms with van der Waals surface area (Å²) in [6.45, 7) is 2.35. The molecule has 2 aromatic rings. The Kier molecular flexibility index (Phi) is 3.94. The van der Waals surface area contributed by atoms with E-state index in [0.29, 0.717) is 6.04 Å². The second kappa shape index (κ2) is 6.03. The van der Waals surface area contributed by atoms with Crippen molar-refractivity contribution in [3.05, 3.63) is 36.5 Å². The number of rotatable bonds is 7. The second-order valence-electron chi connectivity index (χ2n) is 5.39. The van der Waals surface area contributed by atoms with Gasteiger partial charge in [0.25, 0.3) is 0 Å². The number of anilines is 1. The zero-order valence-corrected chi connectivity index (χ0v) is 12.1. The number of aromatic nitrogens is 2. The van der Waals surface area contributed by atoms with Crippen LogP contribution in [0.1, 0.15) is 38.0 Å². The van der Waals surface area contributed by atoms with Crippen molar-refractivity contribution < 1.29 is 9.21 Å². The molecule has 0 aromatic carbocycles. The van der Waals surface area contributed by atoms with Crippen LogP contribution in [0.25, 0.3) is 0 Å². The smallest absolute Gasteiger partial charge is 0.241 e. The van der Waals surface area contributed by atoms with Crippen molar-refractivity contribution >= 4 is 11.6 Å². The standard InChI is InChI=1S/C15H20N4O2/c1-2-13(14-4-3-7-21-14)17-12-8-16-19(9-12)10-15(20)18-11-5-6-11/h3-4,7-9,11,13,17H,2,5-6,10H2,1H3,(H,18,20). The van der Waals surface area contributed by atoms with E-state index in [-0.39, 0.29) is 18.5 Å². The van der Waals surface area contributed by atoms with Crippen LogP contribution in [0.3, 0.4) is 0 Å². The summed E-state index contributed by atoms with van der Waals surface area (Å²) in [7, 11) is 0. The number of furan rings is 1. The Bertz CT molecular complexity index is 587. The largest absolute Gasteiger partial charge is 0.467 e. The third-order valence-electron chi connectivity index (χ3n) is 3.52. The molecule has 2 aromatic heterocycles. The first kappa shape index (κ1) is 13.7. The van der Waals surface area contributed by atoms with Crippen molar-refractivity contribution in [2.45, 2.75) is 44.8 Å². The molecule has 1 aliphatic rings. The van der Waals surface area contributed by atoms with E-state index in [9.17, 15) is 4.79 Å². The van der Waals surface area contributed by atoms with Crippen LogP contribution in [0.5, 0.6) is 0 Å². The molecule has 1 aliphatic carbocycles. The number of hydrogen-bond donors (Lipinski definition) is 2. The third-order valence-corrected chi connectivity index (χ3v) is 3.52. The van der Waals surface area contributed by atoms with Gasteiger partial charge >= 0.3 is 0 Å². The maximum atomic E-state index is 11.7. The van der Waals surface area contributed by atoms with E-state index in [4.69, 9.17) is 4.42 Å². The van der Waals surface area contributed by atoms with Crippen LogP contribution < -0.4 is 10.6 Å². The van der Waals surface area contributed by atoms with Crippen LogP contribution in [-0.2, 0) is 11.3 Å². The normalized spacial score (nSPS) is 15.7. The van der Waals surface area contributed by atoms with Crippen molar-refractivity contribution in [1.29, 1.82) is 0 Å². The molecule has 21 heavy (non-hydrogen) atoms. The average Bonchev–Trinajstić information content (AvgIpc) is 2.94. The molecule has 1 amide bonds. The van der Waals surface area contributed by atoms with Crippen molar-refractivity contribution in [3.8, 4) is 0 Å². The number of hydrogen-bond acceptors (Lipinski definition) is 4. The lowest BCUT2D eigenvalue weighted by molar-refractivity contribution is -0.122. The molecule has 6 heteroatoms. The minimum atomic E-state index is 0.0187. The van der Waals surface area contributed by atoms with Crippen molar-refractivity contribution in [2.24, 2.45) is 0 Å². The fourth-order valence-corrected chi connectivity index (χ4v) is 2.24. The number of nitrogens with one attached hydrogen (secondary N) is 2. The van der Waals surface area contributed by atoms with Crippen molar-refractivity contribution in [3.63, 3.8) is 0 Å². The molecule has 0 saturated heterocycles. The Balaban J connectivity index is 1.57. The molecular weight excluding hydrogens is 268 g/mol. The minimum Gasteiger partial charge on any atom is -0.467 e. The molecule has 2 N–H and O–H groups in total. The summed E-state index contributed by atoms with van der Waals surface area (Å²) >= 11 is 0. The van der Waals surface area contributed by atoms with Crippen LogP contribution in [0.15, 0.2) is 35.2 Å². The van der Waals surface area contributed by atoms with Crippen LogP contribution in [0.4, 0.5) is 5.69 Å². The van der Waals surface area contributed by atoms with Gasteiger partial charge in [0.1, 0.15) is 12.3 Å². The molecule has 0 aliphatic heterocycles. The van der Waals surface area contributed by atoms with E-state index in [1.807, 2.05) is 18.3 Å². The predicted octanol–water partition coefficient (Wildman–Crippen LogP) is 2.32. The van der Waals surface area contributed by atoms with Gasteiger partial charge < -0.3 is 15.1 Å². The van der Waals surface area contributed by atoms with Gasteiger partial charge in [-0.2, -0.15) is 5.10 Å². The highest BCUT2D eigenvalue weighted by molar-refractivity contribution is 5.76. The van der Waals surface area contributed by atoms with Crippen LogP contribution in [0.2, 0.25) is 0 Å². The van der Waals surface area contributed by atoms with Gasteiger partial charge in [-0.25, -0.2) is 0 Å². The molecule has 1 atom stereocenters. The van der Waals surface area contributed by atoms with Gasteiger partial charge in [-0.1, -0.05) is 6.92 Å². The molecule has 0 radical (unpaired) electrons. The molecule has 1 fully saturated rings. The summed E-state index contributed by atoms with van der Waals surface area (Å²) in [4.78, 5) is 11.7. The molecule has 0 spiro atoms. The number of carbonyl (C=O) groups is 1. The summed E-state index contributed by atoms with van der Waals surface area (Å²) in [5.74, 6) is 0.918. The maximum absolute atomic E-state index is 11.7. The zero-order chi connectivity index (χ0) is 14.7. The Morgan fingerprint density at radius 1 is 1.57 bits per heavy atom. The fourth-order valence-electron chi connectivity index (χ4n) is 2.24. The Morgan fingerprint density at radius 2 is 2.43 bits per heavy atom. The Morgan fingerprint density at radius 3 is 3.10 bits per heavy atom. The summed E-state index contributed by atoms with van der Waals surface area (Å²) < 4.78 is 7.07. The predicted molar refractivity (Wildman–Crippen MR) is 78.8 cm³/mol. The van der Waals surface area contributed by atoms with Gasteiger partial charge in [0.2, 0.25) is 5.91 Å².